The van der Waals surface area contributed by atoms with E-state index in [2.05, 4.69) is 34.2 Å². The molecule has 1 aromatic rings. The summed E-state index contributed by atoms with van der Waals surface area (Å²) in [5.74, 6) is 0. The first-order valence-electron chi connectivity index (χ1n) is 7.45. The van der Waals surface area contributed by atoms with Gasteiger partial charge in [-0.3, -0.25) is 0 Å². The highest BCUT2D eigenvalue weighted by atomic mass is 15.2. The summed E-state index contributed by atoms with van der Waals surface area (Å²) >= 11 is 0. The molecule has 2 heterocycles. The Balaban J connectivity index is 1.64. The highest BCUT2D eigenvalue weighted by Gasteiger charge is 2.20. The van der Waals surface area contributed by atoms with Crippen LogP contribution in [0.4, 0.5) is 0 Å². The molecule has 1 saturated heterocycles. The molecule has 0 spiro atoms. The Morgan fingerprint density at radius 2 is 2.00 bits per heavy atom. The number of aromatic nitrogens is 1. The van der Waals surface area contributed by atoms with Gasteiger partial charge >= 0.3 is 0 Å². The van der Waals surface area contributed by atoms with Gasteiger partial charge in [0.05, 0.1) is 0 Å². The van der Waals surface area contributed by atoms with Crippen LogP contribution in [0.1, 0.15) is 42.9 Å². The maximum Gasteiger partial charge on any atom is 0.0347 e. The van der Waals surface area contributed by atoms with Crippen molar-refractivity contribution in [1.82, 2.24) is 14.8 Å². The summed E-state index contributed by atoms with van der Waals surface area (Å²) in [6, 6.07) is 0.585. The lowest BCUT2D eigenvalue weighted by atomic mass is 9.91. The summed E-state index contributed by atoms with van der Waals surface area (Å²) < 4.78 is 2.42. The van der Waals surface area contributed by atoms with Gasteiger partial charge in [0, 0.05) is 31.5 Å². The third kappa shape index (κ3) is 2.47. The number of hydrogen-bond acceptors (Lipinski definition) is 2. The Labute approximate surface area is 110 Å². The molecule has 3 nitrogen and oxygen atoms in total. The molecular formula is C15H25N3. The van der Waals surface area contributed by atoms with Crippen LogP contribution < -0.4 is 5.32 Å². The quantitative estimate of drug-likeness (QED) is 0.880. The van der Waals surface area contributed by atoms with Gasteiger partial charge in [0.1, 0.15) is 0 Å². The zero-order valence-corrected chi connectivity index (χ0v) is 11.5. The van der Waals surface area contributed by atoms with Crippen molar-refractivity contribution in [2.45, 2.75) is 44.7 Å². The Bertz CT molecular complexity index is 390. The van der Waals surface area contributed by atoms with Gasteiger partial charge in [0.15, 0.2) is 0 Å². The second-order valence-electron chi connectivity index (χ2n) is 5.76. The van der Waals surface area contributed by atoms with E-state index in [1.807, 2.05) is 0 Å². The highest BCUT2D eigenvalue weighted by molar-refractivity contribution is 5.30. The van der Waals surface area contributed by atoms with Crippen LogP contribution in [0.3, 0.4) is 0 Å². The Kier molecular flexibility index (Phi) is 3.71. The van der Waals surface area contributed by atoms with E-state index in [1.165, 1.54) is 51.7 Å². The topological polar surface area (TPSA) is 20.2 Å². The zero-order chi connectivity index (χ0) is 12.4. The number of nitrogens with one attached hydrogen (secondary N) is 1. The molecule has 18 heavy (non-hydrogen) atoms. The number of nitrogens with zero attached hydrogens (tertiary/aromatic N) is 2. The molecule has 1 atom stereocenters. The van der Waals surface area contributed by atoms with Gasteiger partial charge in [-0.2, -0.15) is 0 Å². The number of hydrogen-bond donors (Lipinski definition) is 1. The first kappa shape index (κ1) is 12.2. The smallest absolute Gasteiger partial charge is 0.0347 e. The van der Waals surface area contributed by atoms with Crippen LogP contribution in [-0.2, 0) is 13.0 Å². The molecule has 0 saturated carbocycles. The lowest BCUT2D eigenvalue weighted by Crippen LogP contribution is -2.23. The average Bonchev–Trinajstić information content (AvgIpc) is 3.04. The van der Waals surface area contributed by atoms with E-state index < -0.39 is 0 Å². The van der Waals surface area contributed by atoms with Crippen molar-refractivity contribution in [2.24, 2.45) is 0 Å². The van der Waals surface area contributed by atoms with E-state index in [0.717, 1.165) is 6.54 Å². The minimum Gasteiger partial charge on any atom is -0.352 e. The van der Waals surface area contributed by atoms with E-state index >= 15 is 0 Å². The van der Waals surface area contributed by atoms with Gasteiger partial charge in [-0.1, -0.05) is 0 Å². The molecule has 0 radical (unpaired) electrons. The lowest BCUT2D eigenvalue weighted by molar-refractivity contribution is 0.322. The first-order valence-corrected chi connectivity index (χ1v) is 7.45. The lowest BCUT2D eigenvalue weighted by Gasteiger charge is -2.21. The molecule has 1 fully saturated rings. The summed E-state index contributed by atoms with van der Waals surface area (Å²) in [6.07, 6.45) is 11.4. The molecule has 1 aliphatic heterocycles. The van der Waals surface area contributed by atoms with Gasteiger partial charge in [-0.25, -0.2) is 0 Å². The molecule has 1 aliphatic carbocycles. The van der Waals surface area contributed by atoms with E-state index in [-0.39, 0.29) is 0 Å². The summed E-state index contributed by atoms with van der Waals surface area (Å²) in [4.78, 5) is 2.59. The summed E-state index contributed by atoms with van der Waals surface area (Å²) in [6.45, 7) is 4.99. The molecule has 1 N–H and O–H groups in total. The Hall–Kier alpha value is -0.800. The van der Waals surface area contributed by atoms with Crippen molar-refractivity contribution < 1.29 is 0 Å². The number of rotatable bonds is 4. The monoisotopic (exact) mass is 247 g/mol. The first-order chi connectivity index (χ1) is 8.86. The van der Waals surface area contributed by atoms with Crippen molar-refractivity contribution in [1.29, 1.82) is 0 Å². The number of aryl methyl sites for hydroxylation is 1. The van der Waals surface area contributed by atoms with Gasteiger partial charge in [0.2, 0.25) is 0 Å². The van der Waals surface area contributed by atoms with Crippen LogP contribution in [0, 0.1) is 0 Å². The zero-order valence-electron chi connectivity index (χ0n) is 11.5. The van der Waals surface area contributed by atoms with E-state index in [4.69, 9.17) is 0 Å². The van der Waals surface area contributed by atoms with Crippen LogP contribution in [-0.4, -0.2) is 36.1 Å². The van der Waals surface area contributed by atoms with Gasteiger partial charge in [-0.05, 0) is 63.4 Å². The third-order valence-electron chi connectivity index (χ3n) is 4.53. The standard InChI is InChI=1S/C15H25N3/c1-16-15-6-4-5-13-11-18(12-14(13)15)10-9-17-7-2-3-8-17/h11-12,15-16H,2-10H2,1H3. The second-order valence-corrected chi connectivity index (χ2v) is 5.76. The maximum atomic E-state index is 3.45. The van der Waals surface area contributed by atoms with Crippen LogP contribution >= 0.6 is 0 Å². The normalized spacial score (nSPS) is 24.4. The summed E-state index contributed by atoms with van der Waals surface area (Å²) in [5, 5.41) is 3.45. The highest BCUT2D eigenvalue weighted by Crippen LogP contribution is 2.30. The molecule has 3 heteroatoms. The molecule has 0 amide bonds. The van der Waals surface area contributed by atoms with E-state index in [9.17, 15) is 0 Å². The fourth-order valence-corrected chi connectivity index (χ4v) is 3.44. The van der Waals surface area contributed by atoms with Crippen molar-refractivity contribution in [3.8, 4) is 0 Å². The summed E-state index contributed by atoms with van der Waals surface area (Å²) in [7, 11) is 2.08. The molecule has 0 aromatic carbocycles. The van der Waals surface area contributed by atoms with Crippen molar-refractivity contribution in [3.05, 3.63) is 23.5 Å². The molecular weight excluding hydrogens is 222 g/mol. The minimum atomic E-state index is 0.585. The van der Waals surface area contributed by atoms with Gasteiger partial charge in [0.25, 0.3) is 0 Å². The summed E-state index contributed by atoms with van der Waals surface area (Å²) in [5.41, 5.74) is 3.12. The minimum absolute atomic E-state index is 0.585. The molecule has 1 unspecified atom stereocenters. The SMILES string of the molecule is CNC1CCCc2cn(CCN3CCCC3)cc21. The molecule has 100 valence electrons. The molecule has 3 rings (SSSR count). The van der Waals surface area contributed by atoms with Crippen molar-refractivity contribution >= 4 is 0 Å². The predicted octanol–water partition coefficient (Wildman–Crippen LogP) is 2.18. The fraction of sp³-hybridized carbons (Fsp3) is 0.733. The largest absolute Gasteiger partial charge is 0.352 e. The van der Waals surface area contributed by atoms with Crippen LogP contribution in [0.2, 0.25) is 0 Å². The second kappa shape index (κ2) is 5.45. The molecule has 0 bridgehead atoms. The third-order valence-corrected chi connectivity index (χ3v) is 4.53. The van der Waals surface area contributed by atoms with Crippen LogP contribution in [0.15, 0.2) is 12.4 Å². The molecule has 2 aliphatic rings. The van der Waals surface area contributed by atoms with Crippen molar-refractivity contribution in [3.63, 3.8) is 0 Å². The maximum absolute atomic E-state index is 3.45. The van der Waals surface area contributed by atoms with E-state index in [1.54, 1.807) is 11.1 Å². The van der Waals surface area contributed by atoms with Crippen LogP contribution in [0.25, 0.3) is 0 Å². The van der Waals surface area contributed by atoms with E-state index in [0.29, 0.717) is 6.04 Å². The average molecular weight is 247 g/mol. The van der Waals surface area contributed by atoms with Gasteiger partial charge < -0.3 is 14.8 Å². The predicted molar refractivity (Wildman–Crippen MR) is 74.8 cm³/mol. The Morgan fingerprint density at radius 1 is 1.17 bits per heavy atom. The fourth-order valence-electron chi connectivity index (χ4n) is 3.44. The van der Waals surface area contributed by atoms with Crippen LogP contribution in [0.5, 0.6) is 0 Å². The number of likely N-dealkylation sites (tertiary alicyclic amines) is 1. The number of fused-ring (bicyclic) bond motifs is 1. The molecule has 1 aromatic heterocycles. The van der Waals surface area contributed by atoms with Crippen molar-refractivity contribution in [2.75, 3.05) is 26.7 Å². The van der Waals surface area contributed by atoms with Gasteiger partial charge in [-0.15, -0.1) is 0 Å². The Morgan fingerprint density at radius 3 is 2.78 bits per heavy atom.